The van der Waals surface area contributed by atoms with Crippen LogP contribution in [0.15, 0.2) is 24.3 Å². The molecule has 0 aliphatic carbocycles. The highest BCUT2D eigenvalue weighted by atomic mass is 35.5. The van der Waals surface area contributed by atoms with Gasteiger partial charge in [-0.05, 0) is 24.8 Å². The number of nitrogens with zero attached hydrogens (tertiary/aromatic N) is 1. The molecule has 70 valence electrons. The third-order valence-corrected chi connectivity index (χ3v) is 2.36. The first-order valence-electron chi connectivity index (χ1n) is 4.41. The lowest BCUT2D eigenvalue weighted by molar-refractivity contribution is 0.203. The maximum absolute atomic E-state index is 6.00. The van der Waals surface area contributed by atoms with Crippen molar-refractivity contribution < 1.29 is 4.74 Å². The topological polar surface area (TPSA) is 12.5 Å². The van der Waals surface area contributed by atoms with Crippen LogP contribution in [-0.4, -0.2) is 17.1 Å². The lowest BCUT2D eigenvalue weighted by atomic mass is 10.2. The van der Waals surface area contributed by atoms with Crippen LogP contribution in [-0.2, 0) is 6.54 Å². The van der Waals surface area contributed by atoms with Crippen molar-refractivity contribution in [2.24, 2.45) is 0 Å². The van der Waals surface area contributed by atoms with E-state index in [2.05, 4.69) is 0 Å². The Labute approximate surface area is 83.2 Å². The Morgan fingerprint density at radius 3 is 3.08 bits per heavy atom. The highest BCUT2D eigenvalue weighted by Crippen LogP contribution is 2.25. The number of para-hydroxylation sites is 1. The number of hydrogen-bond donors (Lipinski definition) is 0. The first-order chi connectivity index (χ1) is 6.25. The van der Waals surface area contributed by atoms with Crippen molar-refractivity contribution in [3.63, 3.8) is 0 Å². The maximum atomic E-state index is 6.00. The van der Waals surface area contributed by atoms with Gasteiger partial charge in [-0.2, -0.15) is 0 Å². The molecule has 2 rings (SSSR count). The predicted molar refractivity (Wildman–Crippen MR) is 52.8 cm³/mol. The molecule has 2 nitrogen and oxygen atoms in total. The Balaban J connectivity index is 2.32. The second-order valence-electron chi connectivity index (χ2n) is 3.34. The van der Waals surface area contributed by atoms with Crippen molar-refractivity contribution in [2.45, 2.75) is 19.6 Å². The first-order valence-corrected chi connectivity index (χ1v) is 4.75. The van der Waals surface area contributed by atoms with Crippen molar-refractivity contribution in [1.82, 2.24) is 4.42 Å². The zero-order valence-electron chi connectivity index (χ0n) is 7.53. The number of halogens is 1. The SMILES string of the molecule is C[C@@H]1CN(Cl)Cc2ccccc2O1. The molecule has 0 unspecified atom stereocenters. The molecule has 0 aromatic heterocycles. The van der Waals surface area contributed by atoms with Gasteiger partial charge in [0.25, 0.3) is 0 Å². The molecule has 1 aliphatic heterocycles. The molecule has 1 aromatic rings. The summed E-state index contributed by atoms with van der Waals surface area (Å²) in [5.41, 5.74) is 1.15. The lowest BCUT2D eigenvalue weighted by Crippen LogP contribution is -2.23. The van der Waals surface area contributed by atoms with E-state index in [0.717, 1.165) is 24.4 Å². The summed E-state index contributed by atoms with van der Waals surface area (Å²) in [6, 6.07) is 8.02. The number of ether oxygens (including phenoxy) is 1. The molecule has 0 bridgehead atoms. The predicted octanol–water partition coefficient (Wildman–Crippen LogP) is 2.42. The molecular weight excluding hydrogens is 186 g/mol. The Morgan fingerprint density at radius 1 is 1.46 bits per heavy atom. The van der Waals surface area contributed by atoms with Crippen LogP contribution in [0.3, 0.4) is 0 Å². The Hall–Kier alpha value is -0.730. The zero-order chi connectivity index (χ0) is 9.26. The third-order valence-electron chi connectivity index (χ3n) is 2.10. The summed E-state index contributed by atoms with van der Waals surface area (Å²) >= 11 is 6.00. The van der Waals surface area contributed by atoms with E-state index in [-0.39, 0.29) is 6.10 Å². The molecule has 1 heterocycles. The van der Waals surface area contributed by atoms with E-state index in [4.69, 9.17) is 16.5 Å². The van der Waals surface area contributed by atoms with Gasteiger partial charge in [0.2, 0.25) is 0 Å². The summed E-state index contributed by atoms with van der Waals surface area (Å²) in [7, 11) is 0. The number of hydrogen-bond acceptors (Lipinski definition) is 2. The molecule has 13 heavy (non-hydrogen) atoms. The van der Waals surface area contributed by atoms with E-state index in [1.807, 2.05) is 31.2 Å². The minimum absolute atomic E-state index is 0.154. The van der Waals surface area contributed by atoms with E-state index in [9.17, 15) is 0 Å². The van der Waals surface area contributed by atoms with E-state index >= 15 is 0 Å². The van der Waals surface area contributed by atoms with Crippen molar-refractivity contribution in [1.29, 1.82) is 0 Å². The molecule has 0 radical (unpaired) electrons. The van der Waals surface area contributed by atoms with Crippen molar-refractivity contribution >= 4 is 11.8 Å². The van der Waals surface area contributed by atoms with Crippen molar-refractivity contribution in [3.05, 3.63) is 29.8 Å². The zero-order valence-corrected chi connectivity index (χ0v) is 8.29. The van der Waals surface area contributed by atoms with Gasteiger partial charge in [0.05, 0.1) is 6.54 Å². The van der Waals surface area contributed by atoms with E-state index < -0.39 is 0 Å². The summed E-state index contributed by atoms with van der Waals surface area (Å²) in [4.78, 5) is 0. The molecule has 1 aliphatic rings. The van der Waals surface area contributed by atoms with Crippen LogP contribution in [0.4, 0.5) is 0 Å². The van der Waals surface area contributed by atoms with Crippen LogP contribution >= 0.6 is 11.8 Å². The molecule has 1 aromatic carbocycles. The highest BCUT2D eigenvalue weighted by Gasteiger charge is 2.17. The Morgan fingerprint density at radius 2 is 2.23 bits per heavy atom. The molecule has 3 heteroatoms. The molecular formula is C10H12ClNO. The normalized spacial score (nSPS) is 23.1. The largest absolute Gasteiger partial charge is 0.489 e. The van der Waals surface area contributed by atoms with Crippen LogP contribution in [0.2, 0.25) is 0 Å². The van der Waals surface area contributed by atoms with Gasteiger partial charge < -0.3 is 4.74 Å². The smallest absolute Gasteiger partial charge is 0.124 e. The molecule has 1 atom stereocenters. The number of fused-ring (bicyclic) bond motifs is 1. The van der Waals surface area contributed by atoms with Crippen LogP contribution < -0.4 is 4.74 Å². The molecule has 0 fully saturated rings. The quantitative estimate of drug-likeness (QED) is 0.593. The van der Waals surface area contributed by atoms with Crippen LogP contribution in [0.5, 0.6) is 5.75 Å². The van der Waals surface area contributed by atoms with Crippen molar-refractivity contribution in [2.75, 3.05) is 6.54 Å². The number of rotatable bonds is 0. The van der Waals surface area contributed by atoms with Gasteiger partial charge in [0, 0.05) is 12.1 Å². The second-order valence-corrected chi connectivity index (χ2v) is 3.82. The Bertz CT molecular complexity index is 274. The summed E-state index contributed by atoms with van der Waals surface area (Å²) in [5, 5.41) is 0. The lowest BCUT2D eigenvalue weighted by Gasteiger charge is -2.13. The van der Waals surface area contributed by atoms with Crippen LogP contribution in [0, 0.1) is 0 Å². The highest BCUT2D eigenvalue weighted by molar-refractivity contribution is 6.13. The summed E-state index contributed by atoms with van der Waals surface area (Å²) in [5.74, 6) is 0.957. The average molecular weight is 198 g/mol. The summed E-state index contributed by atoms with van der Waals surface area (Å²) in [6.45, 7) is 3.54. The van der Waals surface area contributed by atoms with Crippen molar-refractivity contribution in [3.8, 4) is 5.75 Å². The van der Waals surface area contributed by atoms with Gasteiger partial charge in [-0.15, -0.1) is 0 Å². The van der Waals surface area contributed by atoms with E-state index in [1.54, 1.807) is 4.42 Å². The van der Waals surface area contributed by atoms with E-state index in [0.29, 0.717) is 0 Å². The van der Waals surface area contributed by atoms with Crippen LogP contribution in [0.1, 0.15) is 12.5 Å². The maximum Gasteiger partial charge on any atom is 0.124 e. The molecule has 0 saturated heterocycles. The van der Waals surface area contributed by atoms with Gasteiger partial charge in [-0.1, -0.05) is 18.2 Å². The second kappa shape index (κ2) is 3.56. The van der Waals surface area contributed by atoms with Gasteiger partial charge in [0.1, 0.15) is 11.9 Å². The first kappa shape index (κ1) is 8.85. The Kier molecular flexibility index (Phi) is 2.42. The molecule has 0 amide bonds. The van der Waals surface area contributed by atoms with Gasteiger partial charge in [-0.25, -0.2) is 4.42 Å². The van der Waals surface area contributed by atoms with Gasteiger partial charge in [-0.3, -0.25) is 0 Å². The minimum Gasteiger partial charge on any atom is -0.489 e. The molecule has 0 saturated carbocycles. The fourth-order valence-electron chi connectivity index (χ4n) is 1.53. The average Bonchev–Trinajstić information content (AvgIpc) is 2.20. The van der Waals surface area contributed by atoms with Crippen LogP contribution in [0.25, 0.3) is 0 Å². The standard InChI is InChI=1S/C10H12ClNO/c1-8-6-12(11)7-9-4-2-3-5-10(9)13-8/h2-5,8H,6-7H2,1H3/t8-/m1/s1. The minimum atomic E-state index is 0.154. The molecule has 0 spiro atoms. The molecule has 0 N–H and O–H groups in total. The third kappa shape index (κ3) is 1.95. The van der Waals surface area contributed by atoms with Gasteiger partial charge in [0.15, 0.2) is 0 Å². The summed E-state index contributed by atoms with van der Waals surface area (Å²) in [6.07, 6.45) is 0.154. The fraction of sp³-hybridized carbons (Fsp3) is 0.400. The number of benzene rings is 1. The monoisotopic (exact) mass is 197 g/mol. The fourth-order valence-corrected chi connectivity index (χ4v) is 1.85. The van der Waals surface area contributed by atoms with Gasteiger partial charge >= 0.3 is 0 Å². The van der Waals surface area contributed by atoms with E-state index in [1.165, 1.54) is 0 Å². The summed E-state index contributed by atoms with van der Waals surface area (Å²) < 4.78 is 7.46.